The Hall–Kier alpha value is -3.25. The van der Waals surface area contributed by atoms with Gasteiger partial charge in [-0.2, -0.15) is 0 Å². The predicted molar refractivity (Wildman–Crippen MR) is 101 cm³/mol. The van der Waals surface area contributed by atoms with Crippen molar-refractivity contribution in [1.29, 1.82) is 0 Å². The van der Waals surface area contributed by atoms with Crippen molar-refractivity contribution in [3.63, 3.8) is 0 Å². The van der Waals surface area contributed by atoms with Gasteiger partial charge in [-0.25, -0.2) is 14.8 Å². The second-order valence-electron chi connectivity index (χ2n) is 6.54. The third-order valence-electron chi connectivity index (χ3n) is 4.40. The van der Waals surface area contributed by atoms with Gasteiger partial charge in [-0.05, 0) is 38.4 Å². The zero-order valence-corrected chi connectivity index (χ0v) is 14.4. The number of hydrogen-bond acceptors (Lipinski definition) is 5. The second kappa shape index (κ2) is 5.93. The topological polar surface area (TPSA) is 86.6 Å². The number of nitrogens with zero attached hydrogens (tertiary/aromatic N) is 3. The summed E-state index contributed by atoms with van der Waals surface area (Å²) in [7, 11) is 3.88. The molecule has 0 bridgehead atoms. The van der Waals surface area contributed by atoms with Crippen LogP contribution in [0.15, 0.2) is 42.5 Å². The molecule has 0 amide bonds. The molecule has 26 heavy (non-hydrogen) atoms. The van der Waals surface area contributed by atoms with Crippen molar-refractivity contribution >= 4 is 38.8 Å². The molecule has 4 aromatic rings. The number of aromatic carboxylic acids is 1. The molecule has 0 atom stereocenters. The van der Waals surface area contributed by atoms with Gasteiger partial charge < -0.3 is 15.1 Å². The summed E-state index contributed by atoms with van der Waals surface area (Å²) in [6.45, 7) is 0.617. The molecule has 2 N–H and O–H groups in total. The van der Waals surface area contributed by atoms with Crippen LogP contribution >= 0.6 is 0 Å². The molecule has 6 heteroatoms. The highest BCUT2D eigenvalue weighted by Gasteiger charge is 2.15. The average Bonchev–Trinajstić information content (AvgIpc) is 2.61. The van der Waals surface area contributed by atoms with Crippen molar-refractivity contribution in [2.24, 2.45) is 0 Å². The van der Waals surface area contributed by atoms with E-state index in [4.69, 9.17) is 0 Å². The molecule has 0 aliphatic rings. The normalized spacial score (nSPS) is 11.7. The van der Waals surface area contributed by atoms with Gasteiger partial charge in [0.15, 0.2) is 0 Å². The molecule has 0 radical (unpaired) electrons. The second-order valence-corrected chi connectivity index (χ2v) is 6.54. The van der Waals surface area contributed by atoms with Crippen LogP contribution in [0.2, 0.25) is 0 Å². The molecule has 4 rings (SSSR count). The van der Waals surface area contributed by atoms with Gasteiger partial charge in [0.05, 0.1) is 22.1 Å². The number of para-hydroxylation sites is 1. The number of hydrogen-bond donors (Lipinski definition) is 2. The van der Waals surface area contributed by atoms with E-state index in [2.05, 4.69) is 9.97 Å². The molecule has 0 fully saturated rings. The van der Waals surface area contributed by atoms with E-state index in [0.717, 1.165) is 10.9 Å². The van der Waals surface area contributed by atoms with Crippen molar-refractivity contribution in [3.8, 4) is 5.75 Å². The number of phenolic OH excluding ortho intramolecular Hbond substituents is 1. The largest absolute Gasteiger partial charge is 0.507 e. The Bertz CT molecular complexity index is 1190. The number of aromatic hydroxyl groups is 1. The summed E-state index contributed by atoms with van der Waals surface area (Å²) >= 11 is 0. The number of fused-ring (bicyclic) bond motifs is 4. The quantitative estimate of drug-likeness (QED) is 0.436. The first-order chi connectivity index (χ1) is 12.5. The number of carboxylic acids is 1. The minimum absolute atomic E-state index is 0.113. The summed E-state index contributed by atoms with van der Waals surface area (Å²) in [6.07, 6.45) is 0. The van der Waals surface area contributed by atoms with Gasteiger partial charge in [-0.1, -0.05) is 18.2 Å². The van der Waals surface area contributed by atoms with E-state index in [0.29, 0.717) is 34.0 Å². The maximum atomic E-state index is 11.5. The Morgan fingerprint density at radius 2 is 1.69 bits per heavy atom. The van der Waals surface area contributed by atoms with Gasteiger partial charge in [0, 0.05) is 22.9 Å². The standard InChI is InChI=1S/C20H17N3O3/c1-23(2)10-11-6-7-12-13(19(11)24)8-9-16-17(12)22-18-14(20(25)26)4-3-5-15(18)21-16/h3-9,24H,10H2,1-2H3,(H,25,26). The lowest BCUT2D eigenvalue weighted by atomic mass is 10.0. The van der Waals surface area contributed by atoms with Crippen molar-refractivity contribution in [2.75, 3.05) is 14.1 Å². The Balaban J connectivity index is 2.06. The van der Waals surface area contributed by atoms with Crippen LogP contribution < -0.4 is 0 Å². The molecular formula is C20H17N3O3. The highest BCUT2D eigenvalue weighted by Crippen LogP contribution is 2.33. The highest BCUT2D eigenvalue weighted by molar-refractivity contribution is 6.10. The molecule has 0 unspecified atom stereocenters. The summed E-state index contributed by atoms with van der Waals surface area (Å²) in [5, 5.41) is 21.5. The molecule has 0 aliphatic carbocycles. The molecular weight excluding hydrogens is 330 g/mol. The maximum absolute atomic E-state index is 11.5. The average molecular weight is 347 g/mol. The van der Waals surface area contributed by atoms with Crippen LogP contribution in [0.1, 0.15) is 15.9 Å². The Morgan fingerprint density at radius 1 is 0.962 bits per heavy atom. The molecule has 0 saturated carbocycles. The Morgan fingerprint density at radius 3 is 2.42 bits per heavy atom. The van der Waals surface area contributed by atoms with E-state index < -0.39 is 5.97 Å². The number of phenols is 1. The van der Waals surface area contributed by atoms with Gasteiger partial charge in [-0.15, -0.1) is 0 Å². The van der Waals surface area contributed by atoms with Gasteiger partial charge in [0.1, 0.15) is 11.3 Å². The van der Waals surface area contributed by atoms with Crippen molar-refractivity contribution in [1.82, 2.24) is 14.9 Å². The predicted octanol–water partition coefficient (Wildman–Crippen LogP) is 3.40. The molecule has 1 heterocycles. The van der Waals surface area contributed by atoms with E-state index >= 15 is 0 Å². The van der Waals surface area contributed by atoms with Crippen molar-refractivity contribution in [2.45, 2.75) is 6.54 Å². The Labute approximate surface area is 149 Å². The smallest absolute Gasteiger partial charge is 0.337 e. The Kier molecular flexibility index (Phi) is 3.70. The summed E-state index contributed by atoms with van der Waals surface area (Å²) < 4.78 is 0. The van der Waals surface area contributed by atoms with E-state index in [-0.39, 0.29) is 11.3 Å². The lowest BCUT2D eigenvalue weighted by Gasteiger charge is -2.13. The van der Waals surface area contributed by atoms with Crippen LogP contribution in [0, 0.1) is 0 Å². The summed E-state index contributed by atoms with van der Waals surface area (Å²) in [4.78, 5) is 22.6. The molecule has 0 spiro atoms. The van der Waals surface area contributed by atoms with Crippen LogP contribution in [0.4, 0.5) is 0 Å². The third-order valence-corrected chi connectivity index (χ3v) is 4.40. The SMILES string of the molecule is CN(C)Cc1ccc2c(ccc3nc4cccc(C(=O)O)c4nc32)c1O. The number of benzene rings is 3. The molecule has 0 aliphatic heterocycles. The number of carboxylic acid groups (broad SMARTS) is 1. The third kappa shape index (κ3) is 2.51. The fraction of sp³-hybridized carbons (Fsp3) is 0.150. The summed E-state index contributed by atoms with van der Waals surface area (Å²) in [5.41, 5.74) is 3.05. The minimum atomic E-state index is -1.04. The van der Waals surface area contributed by atoms with Crippen molar-refractivity contribution < 1.29 is 15.0 Å². The fourth-order valence-corrected chi connectivity index (χ4v) is 3.24. The molecule has 6 nitrogen and oxygen atoms in total. The van der Waals surface area contributed by atoms with Gasteiger partial charge >= 0.3 is 5.97 Å². The van der Waals surface area contributed by atoms with Crippen LogP contribution in [0.5, 0.6) is 5.75 Å². The summed E-state index contributed by atoms with van der Waals surface area (Å²) in [6, 6.07) is 12.3. The first-order valence-corrected chi connectivity index (χ1v) is 8.18. The van der Waals surface area contributed by atoms with E-state index in [1.165, 1.54) is 6.07 Å². The molecule has 0 saturated heterocycles. The summed E-state index contributed by atoms with van der Waals surface area (Å²) in [5.74, 6) is -0.827. The van der Waals surface area contributed by atoms with E-state index in [1.807, 2.05) is 37.2 Å². The zero-order chi connectivity index (χ0) is 18.4. The molecule has 3 aromatic carbocycles. The first-order valence-electron chi connectivity index (χ1n) is 8.18. The van der Waals surface area contributed by atoms with E-state index in [9.17, 15) is 15.0 Å². The number of carbonyl (C=O) groups is 1. The van der Waals surface area contributed by atoms with Gasteiger partial charge in [0.25, 0.3) is 0 Å². The van der Waals surface area contributed by atoms with Crippen LogP contribution in [0.3, 0.4) is 0 Å². The van der Waals surface area contributed by atoms with Crippen molar-refractivity contribution in [3.05, 3.63) is 53.6 Å². The molecule has 1 aromatic heterocycles. The lowest BCUT2D eigenvalue weighted by molar-refractivity contribution is 0.0699. The lowest BCUT2D eigenvalue weighted by Crippen LogP contribution is -2.10. The first kappa shape index (κ1) is 16.2. The molecule has 130 valence electrons. The minimum Gasteiger partial charge on any atom is -0.507 e. The number of rotatable bonds is 3. The monoisotopic (exact) mass is 347 g/mol. The maximum Gasteiger partial charge on any atom is 0.337 e. The van der Waals surface area contributed by atoms with Crippen LogP contribution in [-0.4, -0.2) is 45.1 Å². The zero-order valence-electron chi connectivity index (χ0n) is 14.4. The van der Waals surface area contributed by atoms with E-state index in [1.54, 1.807) is 18.2 Å². The highest BCUT2D eigenvalue weighted by atomic mass is 16.4. The van der Waals surface area contributed by atoms with Crippen LogP contribution in [-0.2, 0) is 6.54 Å². The van der Waals surface area contributed by atoms with Gasteiger partial charge in [-0.3, -0.25) is 0 Å². The number of aromatic nitrogens is 2. The fourth-order valence-electron chi connectivity index (χ4n) is 3.24. The van der Waals surface area contributed by atoms with Crippen LogP contribution in [0.25, 0.3) is 32.8 Å². The van der Waals surface area contributed by atoms with Gasteiger partial charge in [0.2, 0.25) is 0 Å².